The molecule has 1 atom stereocenters. The first-order valence-corrected chi connectivity index (χ1v) is 15.2. The second-order valence-corrected chi connectivity index (χ2v) is 12.9. The van der Waals surface area contributed by atoms with E-state index in [1.165, 1.54) is 22.2 Å². The molecule has 0 bridgehead atoms. The summed E-state index contributed by atoms with van der Waals surface area (Å²) in [6.45, 7) is 11.1. The van der Waals surface area contributed by atoms with Crippen LogP contribution in [0.15, 0.2) is 102 Å². The minimum Gasteiger partial charge on any atom is -0.501 e. The first-order chi connectivity index (χ1) is 21.2. The van der Waals surface area contributed by atoms with Crippen molar-refractivity contribution in [1.29, 1.82) is 0 Å². The third-order valence-corrected chi connectivity index (χ3v) is 8.02. The van der Waals surface area contributed by atoms with Crippen LogP contribution in [0.1, 0.15) is 50.4 Å². The summed E-state index contributed by atoms with van der Waals surface area (Å²) in [7, 11) is 0. The fourth-order valence-corrected chi connectivity index (χ4v) is 6.20. The van der Waals surface area contributed by atoms with Crippen molar-refractivity contribution in [2.45, 2.75) is 47.1 Å². The molecule has 5 heteroatoms. The van der Waals surface area contributed by atoms with E-state index in [-0.39, 0.29) is 25.5 Å². The average molecular weight is 766 g/mol. The van der Waals surface area contributed by atoms with Gasteiger partial charge in [-0.2, -0.15) is 0 Å². The Kier molecular flexibility index (Phi) is 8.35. The zero-order valence-electron chi connectivity index (χ0n) is 26.2. The van der Waals surface area contributed by atoms with E-state index in [4.69, 9.17) is 9.40 Å². The minimum absolute atomic E-state index is 0. The maximum absolute atomic E-state index is 6.11. The third-order valence-electron chi connectivity index (χ3n) is 8.02. The Hall–Kier alpha value is -4.31. The van der Waals surface area contributed by atoms with Crippen molar-refractivity contribution in [3.05, 3.63) is 126 Å². The molecule has 8 rings (SSSR count). The van der Waals surface area contributed by atoms with Crippen LogP contribution < -0.4 is 0 Å². The van der Waals surface area contributed by atoms with Crippen LogP contribution in [0.4, 0.5) is 0 Å². The first-order valence-electron chi connectivity index (χ1n) is 15.2. The van der Waals surface area contributed by atoms with Gasteiger partial charge in [0.1, 0.15) is 5.58 Å². The van der Waals surface area contributed by atoms with Crippen molar-refractivity contribution in [2.75, 3.05) is 0 Å². The molecule has 1 unspecified atom stereocenters. The number of hydrogen-bond donors (Lipinski definition) is 0. The second-order valence-electron chi connectivity index (χ2n) is 12.9. The number of benzene rings is 4. The molecule has 0 spiro atoms. The fourth-order valence-electron chi connectivity index (χ4n) is 6.20. The number of aromatic nitrogens is 3. The van der Waals surface area contributed by atoms with E-state index in [1.807, 2.05) is 48.7 Å². The molecule has 4 heterocycles. The average Bonchev–Trinajstić information content (AvgIpc) is 3.59. The quantitative estimate of drug-likeness (QED) is 0.168. The number of aryl methyl sites for hydroxylation is 1. The number of allylic oxidation sites excluding steroid dienone is 1. The number of hydrogen-bond acceptors (Lipinski definition) is 3. The van der Waals surface area contributed by atoms with Gasteiger partial charge in [-0.3, -0.25) is 4.98 Å². The standard InChI is InChI=1S/C22H20NO.C18H15N2.Ir/c1-22(2,3)14-15-11-12-23-19(13-15)18-9-6-8-17-16-7-4-5-10-20(16)24-21(17)18;1-12-10-15-9-8-13(2)20-17(15)16(11-12)19-18(20)14-6-4-3-5-7-14;/h4-8,10-13H,14H2,1-3H3;3-6,8-11,13H,1-2H3;/q2*-1;. The second kappa shape index (κ2) is 12.2. The van der Waals surface area contributed by atoms with Gasteiger partial charge in [0.05, 0.1) is 22.4 Å². The van der Waals surface area contributed by atoms with Crippen molar-refractivity contribution < 1.29 is 24.5 Å². The van der Waals surface area contributed by atoms with Gasteiger partial charge >= 0.3 is 0 Å². The molecule has 4 aromatic carbocycles. The van der Waals surface area contributed by atoms with Gasteiger partial charge in [0, 0.05) is 37.7 Å². The maximum atomic E-state index is 6.11. The van der Waals surface area contributed by atoms with Crippen LogP contribution in [0, 0.1) is 24.5 Å². The summed E-state index contributed by atoms with van der Waals surface area (Å²) >= 11 is 0. The van der Waals surface area contributed by atoms with Gasteiger partial charge in [0.2, 0.25) is 0 Å². The fraction of sp³-hybridized carbons (Fsp3) is 0.200. The van der Waals surface area contributed by atoms with Crippen LogP contribution in [-0.4, -0.2) is 14.5 Å². The largest absolute Gasteiger partial charge is 0.501 e. The van der Waals surface area contributed by atoms with E-state index >= 15 is 0 Å². The molecule has 0 amide bonds. The molecule has 0 saturated carbocycles. The minimum atomic E-state index is 0. The zero-order chi connectivity index (χ0) is 30.4. The van der Waals surface area contributed by atoms with Crippen LogP contribution >= 0.6 is 0 Å². The Balaban J connectivity index is 0.000000158. The summed E-state index contributed by atoms with van der Waals surface area (Å²) in [5.41, 5.74) is 11.0. The van der Waals surface area contributed by atoms with Crippen LogP contribution in [0.3, 0.4) is 0 Å². The van der Waals surface area contributed by atoms with E-state index in [2.05, 4.69) is 111 Å². The topological polar surface area (TPSA) is 43.9 Å². The number of para-hydroxylation sites is 1. The van der Waals surface area contributed by atoms with Crippen molar-refractivity contribution in [3.63, 3.8) is 0 Å². The summed E-state index contributed by atoms with van der Waals surface area (Å²) in [4.78, 5) is 9.43. The summed E-state index contributed by atoms with van der Waals surface area (Å²) in [6.07, 6.45) is 7.33. The molecule has 0 saturated heterocycles. The molecule has 0 aliphatic carbocycles. The number of fused-ring (bicyclic) bond motifs is 3. The molecule has 1 aliphatic heterocycles. The monoisotopic (exact) mass is 766 g/mol. The van der Waals surface area contributed by atoms with Crippen molar-refractivity contribution in [1.82, 2.24) is 14.5 Å². The number of rotatable bonds is 3. The van der Waals surface area contributed by atoms with Crippen molar-refractivity contribution >= 4 is 39.0 Å². The van der Waals surface area contributed by atoms with E-state index in [1.54, 1.807) is 0 Å². The first kappa shape index (κ1) is 30.7. The maximum Gasteiger partial charge on any atom is 0.120 e. The van der Waals surface area contributed by atoms with Crippen molar-refractivity contribution in [3.8, 4) is 22.6 Å². The molecule has 227 valence electrons. The van der Waals surface area contributed by atoms with Gasteiger partial charge in [-0.1, -0.05) is 73.7 Å². The Morgan fingerprint density at radius 3 is 2.53 bits per heavy atom. The normalized spacial score (nSPS) is 13.9. The van der Waals surface area contributed by atoms with Gasteiger partial charge < -0.3 is 14.0 Å². The summed E-state index contributed by atoms with van der Waals surface area (Å²) < 4.78 is 8.42. The summed E-state index contributed by atoms with van der Waals surface area (Å²) in [5.74, 6) is 1.00. The smallest absolute Gasteiger partial charge is 0.120 e. The van der Waals surface area contributed by atoms with Crippen molar-refractivity contribution in [2.24, 2.45) is 5.41 Å². The van der Waals surface area contributed by atoms with E-state index in [9.17, 15) is 0 Å². The predicted octanol–water partition coefficient (Wildman–Crippen LogP) is 10.4. The Bertz CT molecular complexity index is 2170. The predicted molar refractivity (Wildman–Crippen MR) is 181 cm³/mol. The van der Waals surface area contributed by atoms with Gasteiger partial charge in [0.25, 0.3) is 0 Å². The SMILES string of the molecule is CC(C)(C)Cc1ccnc(-c2[c-]ccc3c2oc2ccccc23)c1.Cc1cc2c3c(c1)nc(-c1[c-]cccc1)n3C(C)C=C2.[Ir]. The zero-order valence-corrected chi connectivity index (χ0v) is 28.6. The van der Waals surface area contributed by atoms with Gasteiger partial charge in [-0.25, -0.2) is 0 Å². The third kappa shape index (κ3) is 6.03. The molecule has 7 aromatic rings. The van der Waals surface area contributed by atoms with E-state index < -0.39 is 0 Å². The Morgan fingerprint density at radius 1 is 0.911 bits per heavy atom. The van der Waals surface area contributed by atoms with Crippen LogP contribution in [-0.2, 0) is 26.5 Å². The number of pyridine rings is 1. The van der Waals surface area contributed by atoms with Crippen LogP contribution in [0.5, 0.6) is 0 Å². The number of furan rings is 1. The van der Waals surface area contributed by atoms with E-state index in [0.29, 0.717) is 6.04 Å². The van der Waals surface area contributed by atoms with Crippen LogP contribution in [0.25, 0.3) is 61.7 Å². The summed E-state index contributed by atoms with van der Waals surface area (Å²) in [6, 6.07) is 35.7. The molecule has 45 heavy (non-hydrogen) atoms. The molecular weight excluding hydrogens is 731 g/mol. The summed E-state index contributed by atoms with van der Waals surface area (Å²) in [5, 5.41) is 2.25. The Labute approximate surface area is 278 Å². The molecule has 1 aliphatic rings. The van der Waals surface area contributed by atoms with E-state index in [0.717, 1.165) is 56.5 Å². The molecule has 3 aromatic heterocycles. The molecule has 1 radical (unpaired) electrons. The van der Waals surface area contributed by atoms with Gasteiger partial charge in [-0.05, 0) is 66.8 Å². The molecule has 4 nitrogen and oxygen atoms in total. The van der Waals surface area contributed by atoms with Gasteiger partial charge in [-0.15, -0.1) is 54.1 Å². The van der Waals surface area contributed by atoms with Gasteiger partial charge in [0.15, 0.2) is 0 Å². The number of nitrogens with zero attached hydrogens (tertiary/aromatic N) is 3. The Morgan fingerprint density at radius 2 is 1.73 bits per heavy atom. The molecule has 0 N–H and O–H groups in total. The molecule has 0 fully saturated rings. The number of imidazole rings is 1. The van der Waals surface area contributed by atoms with Crippen LogP contribution in [0.2, 0.25) is 0 Å². The molecular formula is C40H35IrN3O-2.